The van der Waals surface area contributed by atoms with Crippen LogP contribution in [0, 0.1) is 13.8 Å². The molecule has 5 heteroatoms. The Balaban J connectivity index is 2.01. The Morgan fingerprint density at radius 3 is 2.84 bits per heavy atom. The van der Waals surface area contributed by atoms with Gasteiger partial charge in [0, 0.05) is 0 Å². The van der Waals surface area contributed by atoms with Gasteiger partial charge < -0.3 is 9.09 Å². The Morgan fingerprint density at radius 1 is 1.32 bits per heavy atom. The number of nitrogens with zero attached hydrogens (tertiary/aromatic N) is 4. The van der Waals surface area contributed by atoms with E-state index in [1.54, 1.807) is 6.33 Å². The third kappa shape index (κ3) is 2.03. The van der Waals surface area contributed by atoms with Gasteiger partial charge in [-0.05, 0) is 43.2 Å². The predicted octanol–water partition coefficient (Wildman–Crippen LogP) is 2.73. The van der Waals surface area contributed by atoms with Crippen LogP contribution in [0.1, 0.15) is 22.8 Å². The Hall–Kier alpha value is -2.43. The molecule has 0 N–H and O–H groups in total. The summed E-state index contributed by atoms with van der Waals surface area (Å²) in [4.78, 5) is 8.61. The summed E-state index contributed by atoms with van der Waals surface area (Å²) in [6.45, 7) is 8.32. The highest BCUT2D eigenvalue weighted by atomic mass is 16.5. The lowest BCUT2D eigenvalue weighted by atomic mass is 10.1. The fourth-order valence-corrected chi connectivity index (χ4v) is 2.01. The lowest BCUT2D eigenvalue weighted by Gasteiger charge is -2.03. The third-order valence-corrected chi connectivity index (χ3v) is 3.21. The lowest BCUT2D eigenvalue weighted by molar-refractivity contribution is 0.401. The SMILES string of the molecule is C=Cc1nc(Cn2cnc3cc(C)c(C)cc32)no1. The Morgan fingerprint density at radius 2 is 2.11 bits per heavy atom. The standard InChI is InChI=1S/C14H14N4O/c1-4-14-16-13(17-19-14)7-18-8-15-11-5-9(2)10(3)6-12(11)18/h4-6,8H,1,7H2,2-3H3. The van der Waals surface area contributed by atoms with E-state index in [0.29, 0.717) is 18.3 Å². The van der Waals surface area contributed by atoms with Crippen LogP contribution in [0.4, 0.5) is 0 Å². The molecule has 0 atom stereocenters. The Kier molecular flexibility index (Phi) is 2.67. The molecule has 0 spiro atoms. The van der Waals surface area contributed by atoms with E-state index in [-0.39, 0.29) is 0 Å². The van der Waals surface area contributed by atoms with Gasteiger partial charge in [0.15, 0.2) is 5.82 Å². The van der Waals surface area contributed by atoms with Crippen molar-refractivity contribution in [2.75, 3.05) is 0 Å². The molecular formula is C14H14N4O. The molecule has 5 nitrogen and oxygen atoms in total. The second-order valence-electron chi connectivity index (χ2n) is 4.55. The zero-order chi connectivity index (χ0) is 13.4. The second-order valence-corrected chi connectivity index (χ2v) is 4.55. The zero-order valence-corrected chi connectivity index (χ0v) is 10.9. The highest BCUT2D eigenvalue weighted by molar-refractivity contribution is 5.77. The molecule has 96 valence electrons. The summed E-state index contributed by atoms with van der Waals surface area (Å²) in [7, 11) is 0. The quantitative estimate of drug-likeness (QED) is 0.721. The summed E-state index contributed by atoms with van der Waals surface area (Å²) < 4.78 is 7.02. The van der Waals surface area contributed by atoms with Gasteiger partial charge in [-0.1, -0.05) is 11.7 Å². The van der Waals surface area contributed by atoms with Crippen molar-refractivity contribution in [2.24, 2.45) is 0 Å². The number of aryl methyl sites for hydroxylation is 2. The third-order valence-electron chi connectivity index (χ3n) is 3.21. The van der Waals surface area contributed by atoms with Crippen LogP contribution in [0.3, 0.4) is 0 Å². The fourth-order valence-electron chi connectivity index (χ4n) is 2.01. The average Bonchev–Trinajstić information content (AvgIpc) is 2.99. The first-order valence-electron chi connectivity index (χ1n) is 6.04. The molecule has 2 aromatic heterocycles. The molecule has 0 bridgehead atoms. The van der Waals surface area contributed by atoms with Crippen LogP contribution in [0.25, 0.3) is 17.1 Å². The number of fused-ring (bicyclic) bond motifs is 1. The number of aromatic nitrogens is 4. The van der Waals surface area contributed by atoms with Gasteiger partial charge in [0.25, 0.3) is 0 Å². The van der Waals surface area contributed by atoms with Crippen molar-refractivity contribution < 1.29 is 4.52 Å². The maximum absolute atomic E-state index is 5.00. The van der Waals surface area contributed by atoms with Gasteiger partial charge in [0.2, 0.25) is 5.89 Å². The molecule has 0 fully saturated rings. The minimum atomic E-state index is 0.437. The van der Waals surface area contributed by atoms with Gasteiger partial charge >= 0.3 is 0 Å². The number of benzene rings is 1. The number of rotatable bonds is 3. The summed E-state index contributed by atoms with van der Waals surface area (Å²) in [6, 6.07) is 4.22. The first kappa shape index (κ1) is 11.6. The lowest BCUT2D eigenvalue weighted by Crippen LogP contribution is -2.00. The molecule has 0 aliphatic carbocycles. The van der Waals surface area contributed by atoms with Crippen LogP contribution >= 0.6 is 0 Å². The molecule has 0 aliphatic heterocycles. The second kappa shape index (κ2) is 4.35. The van der Waals surface area contributed by atoms with Crippen molar-refractivity contribution in [3.63, 3.8) is 0 Å². The maximum Gasteiger partial charge on any atom is 0.250 e. The van der Waals surface area contributed by atoms with E-state index < -0.39 is 0 Å². The summed E-state index contributed by atoms with van der Waals surface area (Å²) >= 11 is 0. The van der Waals surface area contributed by atoms with Crippen molar-refractivity contribution in [3.05, 3.63) is 47.9 Å². The van der Waals surface area contributed by atoms with Gasteiger partial charge in [0.1, 0.15) is 0 Å². The maximum atomic E-state index is 5.00. The van der Waals surface area contributed by atoms with Crippen molar-refractivity contribution >= 4 is 17.1 Å². The number of hydrogen-bond donors (Lipinski definition) is 0. The topological polar surface area (TPSA) is 56.7 Å². The van der Waals surface area contributed by atoms with Crippen LogP contribution in [0.5, 0.6) is 0 Å². The van der Waals surface area contributed by atoms with Crippen molar-refractivity contribution in [1.82, 2.24) is 19.7 Å². The van der Waals surface area contributed by atoms with Gasteiger partial charge in [-0.15, -0.1) is 0 Å². The van der Waals surface area contributed by atoms with Gasteiger partial charge in [0.05, 0.1) is 23.9 Å². The van der Waals surface area contributed by atoms with E-state index >= 15 is 0 Å². The van der Waals surface area contributed by atoms with E-state index in [9.17, 15) is 0 Å². The van der Waals surface area contributed by atoms with Crippen LogP contribution < -0.4 is 0 Å². The van der Waals surface area contributed by atoms with Crippen LogP contribution in [0.2, 0.25) is 0 Å². The first-order chi connectivity index (χ1) is 9.17. The molecule has 0 saturated carbocycles. The van der Waals surface area contributed by atoms with Crippen molar-refractivity contribution in [3.8, 4) is 0 Å². The normalized spacial score (nSPS) is 11.1. The highest BCUT2D eigenvalue weighted by Gasteiger charge is 2.09. The minimum Gasteiger partial charge on any atom is -0.335 e. The van der Waals surface area contributed by atoms with Crippen molar-refractivity contribution in [1.29, 1.82) is 0 Å². The molecule has 1 aromatic carbocycles. The van der Waals surface area contributed by atoms with Gasteiger partial charge in [-0.3, -0.25) is 0 Å². The first-order valence-corrected chi connectivity index (χ1v) is 6.04. The fraction of sp³-hybridized carbons (Fsp3) is 0.214. The van der Waals surface area contributed by atoms with Crippen LogP contribution in [0.15, 0.2) is 29.6 Å². The van der Waals surface area contributed by atoms with E-state index in [4.69, 9.17) is 4.52 Å². The summed E-state index contributed by atoms with van der Waals surface area (Å²) in [5.74, 6) is 1.05. The molecule has 3 rings (SSSR count). The molecule has 0 saturated heterocycles. The number of hydrogen-bond acceptors (Lipinski definition) is 4. The van der Waals surface area contributed by atoms with E-state index in [1.165, 1.54) is 17.2 Å². The van der Waals surface area contributed by atoms with Crippen LogP contribution in [-0.4, -0.2) is 19.7 Å². The molecule has 0 aliphatic rings. The molecule has 0 unspecified atom stereocenters. The van der Waals surface area contributed by atoms with Crippen molar-refractivity contribution in [2.45, 2.75) is 20.4 Å². The summed E-state index contributed by atoms with van der Waals surface area (Å²) in [5.41, 5.74) is 4.55. The molecule has 3 aromatic rings. The van der Waals surface area contributed by atoms with Gasteiger partial charge in [-0.25, -0.2) is 4.98 Å². The van der Waals surface area contributed by atoms with E-state index in [1.807, 2.05) is 4.57 Å². The van der Waals surface area contributed by atoms with Gasteiger partial charge in [-0.2, -0.15) is 4.98 Å². The zero-order valence-electron chi connectivity index (χ0n) is 10.9. The molecule has 0 radical (unpaired) electrons. The molecule has 19 heavy (non-hydrogen) atoms. The monoisotopic (exact) mass is 254 g/mol. The van der Waals surface area contributed by atoms with E-state index in [2.05, 4.69) is 47.7 Å². The predicted molar refractivity (Wildman–Crippen MR) is 72.7 cm³/mol. The van der Waals surface area contributed by atoms with E-state index in [0.717, 1.165) is 11.0 Å². The summed E-state index contributed by atoms with van der Waals surface area (Å²) in [6.07, 6.45) is 3.34. The summed E-state index contributed by atoms with van der Waals surface area (Å²) in [5, 5.41) is 3.90. The van der Waals surface area contributed by atoms with Crippen LogP contribution in [-0.2, 0) is 6.54 Å². The highest BCUT2D eigenvalue weighted by Crippen LogP contribution is 2.19. The number of imidazole rings is 1. The Labute approximate surface area is 110 Å². The largest absolute Gasteiger partial charge is 0.335 e. The smallest absolute Gasteiger partial charge is 0.250 e. The average molecular weight is 254 g/mol. The Bertz CT molecular complexity index is 754. The molecular weight excluding hydrogens is 240 g/mol. The molecule has 2 heterocycles. The minimum absolute atomic E-state index is 0.437. The molecule has 0 amide bonds.